The molecule has 3 aromatic carbocycles. The van der Waals surface area contributed by atoms with Gasteiger partial charge in [-0.15, -0.1) is 0 Å². The quantitative estimate of drug-likeness (QED) is 0.333. The van der Waals surface area contributed by atoms with Crippen molar-refractivity contribution in [1.29, 1.82) is 0 Å². The molecule has 4 aromatic rings. The van der Waals surface area contributed by atoms with Gasteiger partial charge in [0.25, 0.3) is 15.9 Å². The normalized spacial score (nSPS) is 11.0. The largest absolute Gasteiger partial charge is 0.348 e. The number of pyridine rings is 1. The number of para-hydroxylation sites is 1. The van der Waals surface area contributed by atoms with Crippen LogP contribution in [0.3, 0.4) is 0 Å². The van der Waals surface area contributed by atoms with E-state index in [1.165, 1.54) is 12.1 Å². The number of nitrogens with one attached hydrogen (secondary N) is 2. The lowest BCUT2D eigenvalue weighted by Gasteiger charge is -2.26. The molecule has 0 atom stereocenters. The van der Waals surface area contributed by atoms with E-state index in [-0.39, 0.29) is 28.6 Å². The first-order chi connectivity index (χ1) is 18.3. The van der Waals surface area contributed by atoms with Crippen LogP contribution in [-0.4, -0.2) is 31.8 Å². The molecule has 0 saturated carbocycles. The van der Waals surface area contributed by atoms with Crippen LogP contribution in [-0.2, 0) is 21.4 Å². The van der Waals surface area contributed by atoms with Crippen molar-refractivity contribution < 1.29 is 18.0 Å². The summed E-state index contributed by atoms with van der Waals surface area (Å²) in [5.74, 6) is -0.967. The lowest BCUT2D eigenvalue weighted by atomic mass is 10.1. The number of hydrogen-bond donors (Lipinski definition) is 2. The topological polar surface area (TPSA) is 108 Å². The average Bonchev–Trinajstić information content (AvgIpc) is 2.93. The van der Waals surface area contributed by atoms with Crippen molar-refractivity contribution in [2.45, 2.75) is 25.3 Å². The molecule has 0 saturated heterocycles. The molecular weight excluding hydrogens is 500 g/mol. The molecular formula is C29H28N4O4S. The third-order valence-electron chi connectivity index (χ3n) is 5.87. The van der Waals surface area contributed by atoms with Gasteiger partial charge in [-0.3, -0.25) is 18.9 Å². The number of hydrogen-bond acceptors (Lipinski definition) is 5. The second-order valence-corrected chi connectivity index (χ2v) is 10.6. The maximum absolute atomic E-state index is 13.7. The summed E-state index contributed by atoms with van der Waals surface area (Å²) in [5.41, 5.74) is 3.34. The molecule has 0 aliphatic carbocycles. The molecule has 0 spiro atoms. The van der Waals surface area contributed by atoms with Gasteiger partial charge in [0.1, 0.15) is 6.54 Å². The van der Waals surface area contributed by atoms with E-state index in [1.807, 2.05) is 25.1 Å². The third-order valence-corrected chi connectivity index (χ3v) is 7.65. The highest BCUT2D eigenvalue weighted by Crippen LogP contribution is 2.28. The van der Waals surface area contributed by atoms with E-state index in [0.717, 1.165) is 15.4 Å². The van der Waals surface area contributed by atoms with E-state index in [0.29, 0.717) is 11.3 Å². The van der Waals surface area contributed by atoms with Gasteiger partial charge in [-0.1, -0.05) is 48.5 Å². The van der Waals surface area contributed by atoms with Crippen LogP contribution in [0.5, 0.6) is 0 Å². The number of aromatic nitrogens is 1. The Morgan fingerprint density at radius 3 is 2.37 bits per heavy atom. The van der Waals surface area contributed by atoms with Crippen molar-refractivity contribution in [3.63, 3.8) is 0 Å². The molecule has 0 unspecified atom stereocenters. The Hall–Kier alpha value is -4.50. The first kappa shape index (κ1) is 26.6. The molecule has 2 N–H and O–H groups in total. The van der Waals surface area contributed by atoms with Crippen molar-refractivity contribution in [3.05, 3.63) is 120 Å². The van der Waals surface area contributed by atoms with Gasteiger partial charge in [0, 0.05) is 18.9 Å². The maximum Gasteiger partial charge on any atom is 0.264 e. The van der Waals surface area contributed by atoms with Crippen molar-refractivity contribution in [3.8, 4) is 0 Å². The van der Waals surface area contributed by atoms with Crippen molar-refractivity contribution >= 4 is 33.2 Å². The van der Waals surface area contributed by atoms with Crippen molar-refractivity contribution in [1.82, 2.24) is 10.3 Å². The molecule has 0 fully saturated rings. The lowest BCUT2D eigenvalue weighted by Crippen LogP contribution is -2.39. The van der Waals surface area contributed by atoms with Crippen molar-refractivity contribution in [2.75, 3.05) is 16.2 Å². The highest BCUT2D eigenvalue weighted by Gasteiger charge is 2.28. The standard InChI is InChI=1S/C29H28N4O4S/c1-21-14-15-22(2)27(17-21)33(38(36,37)24-10-4-3-5-11-24)20-28(34)32-26-13-7-6-12-25(26)29(35)31-19-23-9-8-16-30-18-23/h3-18H,19-20H2,1-2H3,(H,31,35)(H,32,34). The first-order valence-corrected chi connectivity index (χ1v) is 13.4. The summed E-state index contributed by atoms with van der Waals surface area (Å²) in [6.45, 7) is 3.44. The lowest BCUT2D eigenvalue weighted by molar-refractivity contribution is -0.114. The fourth-order valence-electron chi connectivity index (χ4n) is 3.90. The monoisotopic (exact) mass is 528 g/mol. The molecule has 0 aliphatic heterocycles. The average molecular weight is 529 g/mol. The van der Waals surface area contributed by atoms with Gasteiger partial charge in [-0.25, -0.2) is 8.42 Å². The van der Waals surface area contributed by atoms with Crippen LogP contribution in [0.2, 0.25) is 0 Å². The van der Waals surface area contributed by atoms with Crippen LogP contribution in [0, 0.1) is 13.8 Å². The van der Waals surface area contributed by atoms with Gasteiger partial charge in [-0.2, -0.15) is 0 Å². The number of carbonyl (C=O) groups excluding carboxylic acids is 2. The van der Waals surface area contributed by atoms with Crippen LogP contribution in [0.1, 0.15) is 27.0 Å². The Labute approximate surface area is 222 Å². The minimum atomic E-state index is -4.06. The zero-order valence-corrected chi connectivity index (χ0v) is 21.9. The molecule has 2 amide bonds. The molecule has 0 bridgehead atoms. The van der Waals surface area contributed by atoms with E-state index < -0.39 is 22.5 Å². The van der Waals surface area contributed by atoms with E-state index in [4.69, 9.17) is 0 Å². The summed E-state index contributed by atoms with van der Waals surface area (Å²) in [6, 6.07) is 23.6. The Kier molecular flexibility index (Phi) is 8.18. The number of aryl methyl sites for hydroxylation is 2. The van der Waals surface area contributed by atoms with Gasteiger partial charge in [-0.05, 0) is 66.9 Å². The third kappa shape index (κ3) is 6.24. The van der Waals surface area contributed by atoms with Gasteiger partial charge >= 0.3 is 0 Å². The Balaban J connectivity index is 1.59. The number of carbonyl (C=O) groups is 2. The Bertz CT molecular complexity index is 1540. The predicted octanol–water partition coefficient (Wildman–Crippen LogP) is 4.46. The molecule has 0 aliphatic rings. The molecule has 0 radical (unpaired) electrons. The summed E-state index contributed by atoms with van der Waals surface area (Å²) in [7, 11) is -4.06. The molecule has 1 aromatic heterocycles. The number of nitrogens with zero attached hydrogens (tertiary/aromatic N) is 2. The molecule has 1 heterocycles. The number of benzene rings is 3. The molecule has 194 valence electrons. The van der Waals surface area contributed by atoms with Crippen LogP contribution in [0.15, 0.2) is 102 Å². The van der Waals surface area contributed by atoms with Gasteiger partial charge in [0.05, 0.1) is 21.8 Å². The van der Waals surface area contributed by atoms with Crippen LogP contribution >= 0.6 is 0 Å². The Morgan fingerprint density at radius 2 is 1.63 bits per heavy atom. The van der Waals surface area contributed by atoms with Crippen molar-refractivity contribution in [2.24, 2.45) is 0 Å². The highest BCUT2D eigenvalue weighted by molar-refractivity contribution is 7.92. The van der Waals surface area contributed by atoms with E-state index in [2.05, 4.69) is 15.6 Å². The smallest absolute Gasteiger partial charge is 0.264 e. The number of sulfonamides is 1. The van der Waals surface area contributed by atoms with Crippen LogP contribution < -0.4 is 14.9 Å². The molecule has 9 heteroatoms. The number of anilines is 2. The summed E-state index contributed by atoms with van der Waals surface area (Å²) in [5, 5.41) is 5.55. The second kappa shape index (κ2) is 11.7. The molecule has 38 heavy (non-hydrogen) atoms. The summed E-state index contributed by atoms with van der Waals surface area (Å²) >= 11 is 0. The second-order valence-electron chi connectivity index (χ2n) is 8.75. The number of rotatable bonds is 9. The zero-order valence-electron chi connectivity index (χ0n) is 21.1. The van der Waals surface area contributed by atoms with Gasteiger partial charge < -0.3 is 10.6 Å². The predicted molar refractivity (Wildman–Crippen MR) is 147 cm³/mol. The van der Waals surface area contributed by atoms with Crippen LogP contribution in [0.4, 0.5) is 11.4 Å². The van der Waals surface area contributed by atoms with Gasteiger partial charge in [0.2, 0.25) is 5.91 Å². The molecule has 4 rings (SSSR count). The summed E-state index contributed by atoms with van der Waals surface area (Å²) in [4.78, 5) is 30.3. The van der Waals surface area contributed by atoms with E-state index in [9.17, 15) is 18.0 Å². The van der Waals surface area contributed by atoms with E-state index in [1.54, 1.807) is 73.9 Å². The highest BCUT2D eigenvalue weighted by atomic mass is 32.2. The molecule has 8 nitrogen and oxygen atoms in total. The summed E-state index contributed by atoms with van der Waals surface area (Å²) in [6.07, 6.45) is 3.30. The Morgan fingerprint density at radius 1 is 0.895 bits per heavy atom. The zero-order chi connectivity index (χ0) is 27.1. The van der Waals surface area contributed by atoms with E-state index >= 15 is 0 Å². The fraction of sp³-hybridized carbons (Fsp3) is 0.138. The van der Waals surface area contributed by atoms with Gasteiger partial charge in [0.15, 0.2) is 0 Å². The SMILES string of the molecule is Cc1ccc(C)c(N(CC(=O)Nc2ccccc2C(=O)NCc2cccnc2)S(=O)(=O)c2ccccc2)c1. The maximum atomic E-state index is 13.7. The minimum absolute atomic E-state index is 0.0730. The fourth-order valence-corrected chi connectivity index (χ4v) is 5.40. The minimum Gasteiger partial charge on any atom is -0.348 e. The summed E-state index contributed by atoms with van der Waals surface area (Å²) < 4.78 is 28.4. The van der Waals surface area contributed by atoms with Crippen LogP contribution in [0.25, 0.3) is 0 Å². The first-order valence-electron chi connectivity index (χ1n) is 12.0. The number of amides is 2.